The van der Waals surface area contributed by atoms with Crippen LogP contribution in [-0.4, -0.2) is 42.9 Å². The van der Waals surface area contributed by atoms with Crippen LogP contribution in [0.2, 0.25) is 0 Å². The van der Waals surface area contributed by atoms with E-state index in [0.717, 1.165) is 11.9 Å². The summed E-state index contributed by atoms with van der Waals surface area (Å²) in [6, 6.07) is 5.79. The van der Waals surface area contributed by atoms with Crippen molar-refractivity contribution in [1.29, 1.82) is 0 Å². The number of allylic oxidation sites excluding steroid dienone is 1. The number of hydrogen-bond donors (Lipinski definition) is 1. The van der Waals surface area contributed by atoms with Crippen LogP contribution in [0.3, 0.4) is 0 Å². The number of nitrogens with zero attached hydrogens (tertiary/aromatic N) is 2. The third kappa shape index (κ3) is 5.27. The van der Waals surface area contributed by atoms with Crippen molar-refractivity contribution in [3.63, 3.8) is 0 Å². The fraction of sp³-hybridized carbons (Fsp3) is 0.381. The number of aromatic nitrogens is 2. The van der Waals surface area contributed by atoms with Crippen LogP contribution >= 0.6 is 0 Å². The second-order valence-corrected chi connectivity index (χ2v) is 9.36. The molecule has 3 rings (SSSR count). The fourth-order valence-electron chi connectivity index (χ4n) is 3.31. The quantitative estimate of drug-likeness (QED) is 0.701. The van der Waals surface area contributed by atoms with Gasteiger partial charge >= 0.3 is 0 Å². The lowest BCUT2D eigenvalue weighted by Crippen LogP contribution is -2.16. The molecule has 0 saturated heterocycles. The van der Waals surface area contributed by atoms with E-state index in [1.165, 1.54) is 30.5 Å². The van der Waals surface area contributed by atoms with E-state index in [4.69, 9.17) is 0 Å². The van der Waals surface area contributed by atoms with Gasteiger partial charge in [0.15, 0.2) is 15.7 Å². The molecule has 1 amide bonds. The van der Waals surface area contributed by atoms with Crippen molar-refractivity contribution in [3.05, 3.63) is 54.0 Å². The third-order valence-electron chi connectivity index (χ3n) is 5.00. The molecule has 1 aliphatic rings. The van der Waals surface area contributed by atoms with Gasteiger partial charge in [-0.1, -0.05) is 25.1 Å². The Morgan fingerprint density at radius 2 is 1.77 bits per heavy atom. The fourth-order valence-corrected chi connectivity index (χ4v) is 3.94. The molecule has 1 saturated carbocycles. The van der Waals surface area contributed by atoms with Crippen LogP contribution in [0.4, 0.5) is 14.6 Å². The number of hydrogen-bond acceptors (Lipinski definition) is 5. The van der Waals surface area contributed by atoms with E-state index in [1.807, 2.05) is 6.92 Å². The maximum absolute atomic E-state index is 13.6. The van der Waals surface area contributed by atoms with Gasteiger partial charge in [-0.05, 0) is 42.9 Å². The molecule has 2 aromatic rings. The van der Waals surface area contributed by atoms with Gasteiger partial charge in [-0.25, -0.2) is 22.2 Å². The molecular weight excluding hydrogens is 412 g/mol. The average Bonchev–Trinajstić information content (AvgIpc) is 3.03. The lowest BCUT2D eigenvalue weighted by molar-refractivity contribution is -0.111. The predicted molar refractivity (Wildman–Crippen MR) is 110 cm³/mol. The van der Waals surface area contributed by atoms with E-state index in [1.54, 1.807) is 12.3 Å². The van der Waals surface area contributed by atoms with Crippen LogP contribution in [0.1, 0.15) is 31.0 Å². The van der Waals surface area contributed by atoms with E-state index in [9.17, 15) is 22.0 Å². The highest BCUT2D eigenvalue weighted by Gasteiger charge is 2.34. The van der Waals surface area contributed by atoms with Crippen molar-refractivity contribution < 1.29 is 22.0 Å². The summed E-state index contributed by atoms with van der Waals surface area (Å²) in [6.07, 6.45) is 3.19. The first kappa shape index (κ1) is 22.0. The van der Waals surface area contributed by atoms with Gasteiger partial charge in [0.1, 0.15) is 12.3 Å². The average molecular weight is 435 g/mol. The van der Waals surface area contributed by atoms with E-state index in [0.29, 0.717) is 12.0 Å². The summed E-state index contributed by atoms with van der Waals surface area (Å²) in [5, 5.41) is 2.65. The molecule has 0 radical (unpaired) electrons. The van der Waals surface area contributed by atoms with Crippen molar-refractivity contribution in [2.24, 2.45) is 5.92 Å². The minimum atomic E-state index is -3.40. The van der Waals surface area contributed by atoms with Gasteiger partial charge in [-0.2, -0.15) is 0 Å². The maximum atomic E-state index is 13.6. The highest BCUT2D eigenvalue weighted by atomic mass is 32.2. The second kappa shape index (κ2) is 8.99. The molecule has 0 aliphatic heterocycles. The number of amides is 1. The number of anilines is 1. The first-order valence-electron chi connectivity index (χ1n) is 9.60. The smallest absolute Gasteiger partial charge is 0.257 e. The summed E-state index contributed by atoms with van der Waals surface area (Å²) in [6.45, 7) is 1.93. The maximum Gasteiger partial charge on any atom is 0.257 e. The largest absolute Gasteiger partial charge is 0.305 e. The highest BCUT2D eigenvalue weighted by Crippen LogP contribution is 2.34. The lowest BCUT2D eigenvalue weighted by Gasteiger charge is -2.12. The number of sulfone groups is 1. The van der Waals surface area contributed by atoms with Crippen molar-refractivity contribution in [3.8, 4) is 0 Å². The zero-order valence-corrected chi connectivity index (χ0v) is 17.5. The minimum Gasteiger partial charge on any atom is -0.305 e. The van der Waals surface area contributed by atoms with Gasteiger partial charge in [0, 0.05) is 11.8 Å². The van der Waals surface area contributed by atoms with Gasteiger partial charge < -0.3 is 5.32 Å². The molecule has 1 aromatic heterocycles. The molecule has 1 N–H and O–H groups in total. The Morgan fingerprint density at radius 1 is 1.13 bits per heavy atom. The number of carbonyl (C=O) groups excluding carboxylic acids is 1. The topological polar surface area (TPSA) is 89.0 Å². The molecule has 1 heterocycles. The molecule has 6 nitrogen and oxygen atoms in total. The van der Waals surface area contributed by atoms with Crippen molar-refractivity contribution in [2.45, 2.75) is 43.4 Å². The molecule has 0 bridgehead atoms. The highest BCUT2D eigenvalue weighted by molar-refractivity contribution is 7.90. The van der Waals surface area contributed by atoms with Crippen LogP contribution in [0, 0.1) is 5.92 Å². The first-order valence-corrected chi connectivity index (χ1v) is 11.5. The molecule has 1 aromatic carbocycles. The molecule has 1 unspecified atom stereocenters. The number of halogens is 2. The monoisotopic (exact) mass is 435 g/mol. The summed E-state index contributed by atoms with van der Waals surface area (Å²) in [5.41, 5.74) is 1.41. The standard InChI is InChI=1S/C21H23F2N3O3S/c1-3-15-11-25-20(12-24-15)26-21(27)17(8-13-9-18(22)19(23)10-13)14-4-6-16(7-5-14)30(2,28)29/h4-8,11-13,18-19H,3,9-10H2,1-2H3,(H,25,26,27)/t13?,18-,19+. The van der Waals surface area contributed by atoms with Gasteiger partial charge in [-0.3, -0.25) is 9.78 Å². The predicted octanol–water partition coefficient (Wildman–Crippen LogP) is 3.55. The Morgan fingerprint density at radius 3 is 2.27 bits per heavy atom. The van der Waals surface area contributed by atoms with Gasteiger partial charge in [0.05, 0.1) is 23.0 Å². The zero-order valence-electron chi connectivity index (χ0n) is 16.7. The normalized spacial score (nSPS) is 22.1. The molecule has 160 valence electrons. The third-order valence-corrected chi connectivity index (χ3v) is 6.13. The van der Waals surface area contributed by atoms with Crippen molar-refractivity contribution in [1.82, 2.24) is 9.97 Å². The number of nitrogens with one attached hydrogen (secondary N) is 1. The van der Waals surface area contributed by atoms with Gasteiger partial charge in [-0.15, -0.1) is 0 Å². The Balaban J connectivity index is 1.91. The summed E-state index contributed by atoms with van der Waals surface area (Å²) in [7, 11) is -3.40. The number of aryl methyl sites for hydroxylation is 1. The first-order chi connectivity index (χ1) is 14.2. The minimum absolute atomic E-state index is 0.00955. The van der Waals surface area contributed by atoms with E-state index in [2.05, 4.69) is 15.3 Å². The molecule has 3 atom stereocenters. The van der Waals surface area contributed by atoms with E-state index in [-0.39, 0.29) is 29.1 Å². The van der Waals surface area contributed by atoms with Crippen LogP contribution in [0.15, 0.2) is 47.6 Å². The van der Waals surface area contributed by atoms with Crippen LogP contribution in [0.25, 0.3) is 5.57 Å². The van der Waals surface area contributed by atoms with E-state index >= 15 is 0 Å². The zero-order chi connectivity index (χ0) is 21.9. The van der Waals surface area contributed by atoms with Crippen molar-refractivity contribution >= 4 is 27.1 Å². The lowest BCUT2D eigenvalue weighted by atomic mass is 9.98. The van der Waals surface area contributed by atoms with Crippen LogP contribution in [-0.2, 0) is 21.1 Å². The Kier molecular flexibility index (Phi) is 6.60. The number of rotatable bonds is 6. The number of carbonyl (C=O) groups is 1. The molecule has 0 spiro atoms. The molecule has 9 heteroatoms. The Hall–Kier alpha value is -2.68. The van der Waals surface area contributed by atoms with E-state index < -0.39 is 34.0 Å². The van der Waals surface area contributed by atoms with Gasteiger partial charge in [0.2, 0.25) is 0 Å². The molecule has 30 heavy (non-hydrogen) atoms. The van der Waals surface area contributed by atoms with Gasteiger partial charge in [0.25, 0.3) is 5.91 Å². The summed E-state index contributed by atoms with van der Waals surface area (Å²) in [5.74, 6) is -0.716. The number of alkyl halides is 2. The SMILES string of the molecule is CCc1cnc(NC(=O)C(=CC2C[C@@H](F)[C@@H](F)C2)c2ccc(S(C)(=O)=O)cc2)cn1. The molecule has 1 fully saturated rings. The second-order valence-electron chi connectivity index (χ2n) is 7.34. The summed E-state index contributed by atoms with van der Waals surface area (Å²) >= 11 is 0. The summed E-state index contributed by atoms with van der Waals surface area (Å²) < 4.78 is 50.7. The molecule has 1 aliphatic carbocycles. The number of benzene rings is 1. The molecular formula is C21H23F2N3O3S. The Bertz CT molecular complexity index is 1030. The van der Waals surface area contributed by atoms with Crippen LogP contribution < -0.4 is 5.32 Å². The van der Waals surface area contributed by atoms with Crippen LogP contribution in [0.5, 0.6) is 0 Å². The van der Waals surface area contributed by atoms with Crippen molar-refractivity contribution in [2.75, 3.05) is 11.6 Å². The Labute approximate surface area is 174 Å². The summed E-state index contributed by atoms with van der Waals surface area (Å²) in [4.78, 5) is 21.4.